The second kappa shape index (κ2) is 11.3. The van der Waals surface area contributed by atoms with Gasteiger partial charge >= 0.3 is 6.03 Å². The van der Waals surface area contributed by atoms with E-state index in [4.69, 9.17) is 0 Å². The maximum absolute atomic E-state index is 13.6. The predicted octanol–water partition coefficient (Wildman–Crippen LogP) is 3.20. The zero-order chi connectivity index (χ0) is 22.9. The molecule has 0 spiro atoms. The standard InChI is InChI=1S/C24H29FN4O3/c1-17-7-8-18(15-21(17)25)16-27-23(31)19-10-13-29(14-11-19)22(30)9-12-26-24(32)28-20-5-3-2-4-6-20/h2-8,15,19H,9-14,16H2,1H3,(H,27,31)(H2,26,28,32). The summed E-state index contributed by atoms with van der Waals surface area (Å²) in [6.07, 6.45) is 1.38. The summed E-state index contributed by atoms with van der Waals surface area (Å²) in [5.41, 5.74) is 1.98. The highest BCUT2D eigenvalue weighted by molar-refractivity contribution is 5.89. The lowest BCUT2D eigenvalue weighted by Gasteiger charge is -2.31. The molecule has 2 aromatic rings. The van der Waals surface area contributed by atoms with Crippen molar-refractivity contribution < 1.29 is 18.8 Å². The molecule has 0 bridgehead atoms. The molecule has 3 rings (SSSR count). The molecule has 1 heterocycles. The largest absolute Gasteiger partial charge is 0.352 e. The summed E-state index contributed by atoms with van der Waals surface area (Å²) in [5.74, 6) is -0.559. The topological polar surface area (TPSA) is 90.5 Å². The van der Waals surface area contributed by atoms with E-state index in [1.807, 2.05) is 18.2 Å². The predicted molar refractivity (Wildman–Crippen MR) is 120 cm³/mol. The molecule has 32 heavy (non-hydrogen) atoms. The van der Waals surface area contributed by atoms with E-state index in [0.717, 1.165) is 5.56 Å². The number of nitrogens with one attached hydrogen (secondary N) is 3. The maximum Gasteiger partial charge on any atom is 0.319 e. The Balaban J connectivity index is 1.33. The number of hydrogen-bond donors (Lipinski definition) is 3. The SMILES string of the molecule is Cc1ccc(CNC(=O)C2CCN(C(=O)CCNC(=O)Nc3ccccc3)CC2)cc1F. The minimum Gasteiger partial charge on any atom is -0.352 e. The van der Waals surface area contributed by atoms with Crippen LogP contribution in [0, 0.1) is 18.7 Å². The van der Waals surface area contributed by atoms with Crippen molar-refractivity contribution in [2.24, 2.45) is 5.92 Å². The van der Waals surface area contributed by atoms with Gasteiger partial charge in [0.1, 0.15) is 5.82 Å². The van der Waals surface area contributed by atoms with E-state index in [0.29, 0.717) is 37.2 Å². The van der Waals surface area contributed by atoms with Gasteiger partial charge in [-0.15, -0.1) is 0 Å². The van der Waals surface area contributed by atoms with E-state index in [-0.39, 0.29) is 49.1 Å². The summed E-state index contributed by atoms with van der Waals surface area (Å²) in [5, 5.41) is 8.24. The first-order valence-electron chi connectivity index (χ1n) is 10.8. The highest BCUT2D eigenvalue weighted by Gasteiger charge is 2.27. The molecule has 0 radical (unpaired) electrons. The number of carbonyl (C=O) groups is 3. The van der Waals surface area contributed by atoms with Crippen LogP contribution in [0.5, 0.6) is 0 Å². The highest BCUT2D eigenvalue weighted by atomic mass is 19.1. The zero-order valence-corrected chi connectivity index (χ0v) is 18.2. The summed E-state index contributed by atoms with van der Waals surface area (Å²) in [7, 11) is 0. The van der Waals surface area contributed by atoms with Crippen LogP contribution in [0.2, 0.25) is 0 Å². The van der Waals surface area contributed by atoms with E-state index < -0.39 is 0 Å². The number of hydrogen-bond acceptors (Lipinski definition) is 3. The number of nitrogens with zero attached hydrogens (tertiary/aromatic N) is 1. The van der Waals surface area contributed by atoms with E-state index in [1.54, 1.807) is 36.1 Å². The van der Waals surface area contributed by atoms with Gasteiger partial charge in [-0.25, -0.2) is 9.18 Å². The number of urea groups is 1. The number of rotatable bonds is 7. The van der Waals surface area contributed by atoms with Gasteiger partial charge in [-0.1, -0.05) is 30.3 Å². The van der Waals surface area contributed by atoms with Crippen LogP contribution in [-0.4, -0.2) is 42.4 Å². The summed E-state index contributed by atoms with van der Waals surface area (Å²) in [6, 6.07) is 13.7. The third-order valence-corrected chi connectivity index (χ3v) is 5.58. The molecule has 1 aliphatic rings. The van der Waals surface area contributed by atoms with E-state index in [2.05, 4.69) is 16.0 Å². The van der Waals surface area contributed by atoms with Gasteiger partial charge in [0.25, 0.3) is 0 Å². The molecular formula is C24H29FN4O3. The van der Waals surface area contributed by atoms with Crippen molar-refractivity contribution in [3.8, 4) is 0 Å². The molecule has 0 aromatic heterocycles. The van der Waals surface area contributed by atoms with E-state index in [9.17, 15) is 18.8 Å². The highest BCUT2D eigenvalue weighted by Crippen LogP contribution is 2.18. The Hall–Kier alpha value is -3.42. The van der Waals surface area contributed by atoms with E-state index in [1.165, 1.54) is 6.07 Å². The van der Waals surface area contributed by atoms with Gasteiger partial charge < -0.3 is 20.9 Å². The quantitative estimate of drug-likeness (QED) is 0.618. The van der Waals surface area contributed by atoms with Gasteiger partial charge in [0, 0.05) is 44.2 Å². The number of likely N-dealkylation sites (tertiary alicyclic amines) is 1. The smallest absolute Gasteiger partial charge is 0.319 e. The number of anilines is 1. The second-order valence-corrected chi connectivity index (χ2v) is 7.95. The molecule has 170 valence electrons. The van der Waals surface area contributed by atoms with Gasteiger partial charge in [0.2, 0.25) is 11.8 Å². The molecule has 0 atom stereocenters. The van der Waals surface area contributed by atoms with Crippen LogP contribution in [-0.2, 0) is 16.1 Å². The Bertz CT molecular complexity index is 944. The Morgan fingerprint density at radius 1 is 1.03 bits per heavy atom. The lowest BCUT2D eigenvalue weighted by Crippen LogP contribution is -2.43. The molecule has 4 amide bonds. The van der Waals surface area contributed by atoms with Crippen molar-refractivity contribution in [1.82, 2.24) is 15.5 Å². The number of aryl methyl sites for hydroxylation is 1. The molecular weight excluding hydrogens is 411 g/mol. The Labute approximate surface area is 187 Å². The van der Waals surface area contributed by atoms with Crippen LogP contribution in [0.15, 0.2) is 48.5 Å². The summed E-state index contributed by atoms with van der Waals surface area (Å²) < 4.78 is 13.6. The van der Waals surface area contributed by atoms with Crippen molar-refractivity contribution in [2.45, 2.75) is 32.7 Å². The van der Waals surface area contributed by atoms with Crippen molar-refractivity contribution in [1.29, 1.82) is 0 Å². The normalized spacial score (nSPS) is 14.0. The monoisotopic (exact) mass is 440 g/mol. The molecule has 2 aromatic carbocycles. The third kappa shape index (κ3) is 6.80. The molecule has 3 N–H and O–H groups in total. The molecule has 0 unspecified atom stereocenters. The van der Waals surface area contributed by atoms with Crippen molar-refractivity contribution in [3.05, 3.63) is 65.5 Å². The molecule has 1 saturated heterocycles. The second-order valence-electron chi connectivity index (χ2n) is 7.95. The summed E-state index contributed by atoms with van der Waals surface area (Å²) >= 11 is 0. The number of para-hydroxylation sites is 1. The average Bonchev–Trinajstić information content (AvgIpc) is 2.80. The van der Waals surface area contributed by atoms with Gasteiger partial charge in [-0.2, -0.15) is 0 Å². The summed E-state index contributed by atoms with van der Waals surface area (Å²) in [6.45, 7) is 3.23. The Morgan fingerprint density at radius 3 is 2.44 bits per heavy atom. The molecule has 0 aliphatic carbocycles. The number of carbonyl (C=O) groups excluding carboxylic acids is 3. The fourth-order valence-corrected chi connectivity index (χ4v) is 3.61. The Kier molecular flexibility index (Phi) is 8.19. The number of halogens is 1. The zero-order valence-electron chi connectivity index (χ0n) is 18.2. The van der Waals surface area contributed by atoms with Gasteiger partial charge in [0.05, 0.1) is 0 Å². The molecule has 7 nitrogen and oxygen atoms in total. The lowest BCUT2D eigenvalue weighted by atomic mass is 9.95. The van der Waals surface area contributed by atoms with Crippen molar-refractivity contribution in [2.75, 3.05) is 25.0 Å². The first kappa shape index (κ1) is 23.2. The van der Waals surface area contributed by atoms with Crippen LogP contribution in [0.25, 0.3) is 0 Å². The fourth-order valence-electron chi connectivity index (χ4n) is 3.61. The van der Waals surface area contributed by atoms with Gasteiger partial charge in [-0.05, 0) is 49.1 Å². The fraction of sp³-hybridized carbons (Fsp3) is 0.375. The lowest BCUT2D eigenvalue weighted by molar-refractivity contribution is -0.135. The first-order valence-corrected chi connectivity index (χ1v) is 10.8. The number of benzene rings is 2. The van der Waals surface area contributed by atoms with E-state index >= 15 is 0 Å². The third-order valence-electron chi connectivity index (χ3n) is 5.58. The molecule has 1 aliphatic heterocycles. The van der Waals surface area contributed by atoms with Crippen LogP contribution in [0.4, 0.5) is 14.9 Å². The number of piperidine rings is 1. The van der Waals surface area contributed by atoms with Crippen molar-refractivity contribution in [3.63, 3.8) is 0 Å². The number of amides is 4. The van der Waals surface area contributed by atoms with Crippen LogP contribution in [0.3, 0.4) is 0 Å². The summed E-state index contributed by atoms with van der Waals surface area (Å²) in [4.78, 5) is 38.4. The van der Waals surface area contributed by atoms with Gasteiger partial charge in [0.15, 0.2) is 0 Å². The molecule has 8 heteroatoms. The first-order chi connectivity index (χ1) is 15.4. The molecule has 1 fully saturated rings. The average molecular weight is 441 g/mol. The minimum absolute atomic E-state index is 0.0426. The maximum atomic E-state index is 13.6. The van der Waals surface area contributed by atoms with Crippen LogP contribution >= 0.6 is 0 Å². The van der Waals surface area contributed by atoms with Crippen LogP contribution < -0.4 is 16.0 Å². The van der Waals surface area contributed by atoms with Crippen molar-refractivity contribution >= 4 is 23.5 Å². The molecule has 0 saturated carbocycles. The van der Waals surface area contributed by atoms with Gasteiger partial charge in [-0.3, -0.25) is 9.59 Å². The Morgan fingerprint density at radius 2 is 1.75 bits per heavy atom. The van der Waals surface area contributed by atoms with Crippen LogP contribution in [0.1, 0.15) is 30.4 Å². The minimum atomic E-state index is -0.354.